The Morgan fingerprint density at radius 3 is 2.55 bits per heavy atom. The standard InChI is InChI=1S/C20H27N5O4/c1-4-20(14-8-6-5-7-9-14)18(28)25(19(29)22-20)23-15(26)12-24-11-10-21-17(27)16(24)13(2)3/h5-9,13,16H,4,10-12H2,1-3H3,(H,21,27)(H,22,29)(H,23,26). The topological polar surface area (TPSA) is 111 Å². The van der Waals surface area contributed by atoms with E-state index in [0.717, 1.165) is 5.01 Å². The second kappa shape index (κ2) is 8.20. The number of hydrogen-bond donors (Lipinski definition) is 3. The maximum Gasteiger partial charge on any atom is 0.344 e. The molecule has 0 saturated carbocycles. The van der Waals surface area contributed by atoms with Crippen molar-refractivity contribution in [1.82, 2.24) is 26.0 Å². The molecular formula is C20H27N5O4. The number of carbonyl (C=O) groups is 4. The molecule has 3 N–H and O–H groups in total. The Bertz CT molecular complexity index is 812. The molecule has 2 atom stereocenters. The Labute approximate surface area is 169 Å². The first kappa shape index (κ1) is 20.8. The Balaban J connectivity index is 1.73. The third-order valence-corrected chi connectivity index (χ3v) is 5.46. The van der Waals surface area contributed by atoms with E-state index in [-0.39, 0.29) is 18.4 Å². The maximum atomic E-state index is 13.1. The molecule has 9 nitrogen and oxygen atoms in total. The van der Waals surface area contributed by atoms with Crippen LogP contribution in [0.4, 0.5) is 4.79 Å². The molecule has 29 heavy (non-hydrogen) atoms. The van der Waals surface area contributed by atoms with E-state index in [1.807, 2.05) is 19.9 Å². The van der Waals surface area contributed by atoms with Gasteiger partial charge in [0.05, 0.1) is 12.6 Å². The Hall–Kier alpha value is -2.94. The van der Waals surface area contributed by atoms with Gasteiger partial charge < -0.3 is 10.6 Å². The van der Waals surface area contributed by atoms with E-state index in [9.17, 15) is 19.2 Å². The van der Waals surface area contributed by atoms with Crippen molar-refractivity contribution in [3.63, 3.8) is 0 Å². The number of rotatable bonds is 6. The summed E-state index contributed by atoms with van der Waals surface area (Å²) in [5.74, 6) is -1.15. The second-order valence-electron chi connectivity index (χ2n) is 7.68. The van der Waals surface area contributed by atoms with Crippen molar-refractivity contribution in [1.29, 1.82) is 0 Å². The summed E-state index contributed by atoms with van der Waals surface area (Å²) in [7, 11) is 0. The van der Waals surface area contributed by atoms with Crippen LogP contribution in [0.5, 0.6) is 0 Å². The minimum Gasteiger partial charge on any atom is -0.353 e. The minimum atomic E-state index is -1.21. The highest BCUT2D eigenvalue weighted by molar-refractivity contribution is 6.08. The van der Waals surface area contributed by atoms with Crippen molar-refractivity contribution in [3.8, 4) is 0 Å². The molecule has 2 unspecified atom stereocenters. The van der Waals surface area contributed by atoms with E-state index in [1.54, 1.807) is 36.1 Å². The number of nitrogens with zero attached hydrogens (tertiary/aromatic N) is 2. The first-order chi connectivity index (χ1) is 13.8. The predicted molar refractivity (Wildman–Crippen MR) is 105 cm³/mol. The predicted octanol–water partition coefficient (Wildman–Crippen LogP) is 0.331. The van der Waals surface area contributed by atoms with Crippen LogP contribution in [-0.4, -0.2) is 59.3 Å². The molecule has 2 fully saturated rings. The summed E-state index contributed by atoms with van der Waals surface area (Å²) in [5.41, 5.74) is 1.86. The van der Waals surface area contributed by atoms with Crippen LogP contribution in [0.2, 0.25) is 0 Å². The van der Waals surface area contributed by atoms with Crippen LogP contribution >= 0.6 is 0 Å². The highest BCUT2D eigenvalue weighted by atomic mass is 16.2. The van der Waals surface area contributed by atoms with E-state index in [4.69, 9.17) is 0 Å². The van der Waals surface area contributed by atoms with Gasteiger partial charge in [-0.1, -0.05) is 51.1 Å². The lowest BCUT2D eigenvalue weighted by Gasteiger charge is -2.36. The second-order valence-corrected chi connectivity index (χ2v) is 7.68. The largest absolute Gasteiger partial charge is 0.353 e. The van der Waals surface area contributed by atoms with Crippen molar-refractivity contribution in [2.75, 3.05) is 19.6 Å². The molecule has 2 aliphatic rings. The third kappa shape index (κ3) is 3.82. The molecule has 0 bridgehead atoms. The number of carbonyl (C=O) groups excluding carboxylic acids is 4. The Morgan fingerprint density at radius 2 is 1.93 bits per heavy atom. The quantitative estimate of drug-likeness (QED) is 0.595. The lowest BCUT2D eigenvalue weighted by molar-refractivity contribution is -0.141. The summed E-state index contributed by atoms with van der Waals surface area (Å²) >= 11 is 0. The molecule has 3 rings (SSSR count). The maximum absolute atomic E-state index is 13.1. The molecule has 9 heteroatoms. The zero-order chi connectivity index (χ0) is 21.2. The fourth-order valence-electron chi connectivity index (χ4n) is 4.02. The van der Waals surface area contributed by atoms with Crippen LogP contribution in [0.3, 0.4) is 0 Å². The van der Waals surface area contributed by atoms with Gasteiger partial charge in [-0.15, -0.1) is 0 Å². The Morgan fingerprint density at radius 1 is 1.24 bits per heavy atom. The van der Waals surface area contributed by atoms with E-state index in [1.165, 1.54) is 0 Å². The zero-order valence-corrected chi connectivity index (χ0v) is 16.9. The van der Waals surface area contributed by atoms with Gasteiger partial charge in [0.1, 0.15) is 5.54 Å². The van der Waals surface area contributed by atoms with Crippen LogP contribution in [0.1, 0.15) is 32.8 Å². The highest BCUT2D eigenvalue weighted by Crippen LogP contribution is 2.31. The zero-order valence-electron chi connectivity index (χ0n) is 16.9. The smallest absolute Gasteiger partial charge is 0.344 e. The molecule has 156 valence electrons. The van der Waals surface area contributed by atoms with Crippen LogP contribution in [0.25, 0.3) is 0 Å². The molecular weight excluding hydrogens is 374 g/mol. The van der Waals surface area contributed by atoms with Crippen molar-refractivity contribution < 1.29 is 19.2 Å². The van der Waals surface area contributed by atoms with Gasteiger partial charge in [0.25, 0.3) is 11.8 Å². The van der Waals surface area contributed by atoms with Crippen LogP contribution in [-0.2, 0) is 19.9 Å². The number of benzene rings is 1. The first-order valence-electron chi connectivity index (χ1n) is 9.83. The lowest BCUT2D eigenvalue weighted by Crippen LogP contribution is -2.60. The van der Waals surface area contributed by atoms with Crippen molar-refractivity contribution >= 4 is 23.8 Å². The van der Waals surface area contributed by atoms with Gasteiger partial charge in [-0.3, -0.25) is 24.7 Å². The summed E-state index contributed by atoms with van der Waals surface area (Å²) in [4.78, 5) is 52.1. The van der Waals surface area contributed by atoms with Gasteiger partial charge in [0.15, 0.2) is 0 Å². The van der Waals surface area contributed by atoms with E-state index >= 15 is 0 Å². The van der Waals surface area contributed by atoms with Gasteiger partial charge in [-0.05, 0) is 17.9 Å². The van der Waals surface area contributed by atoms with Gasteiger partial charge >= 0.3 is 6.03 Å². The number of piperazine rings is 1. The van der Waals surface area contributed by atoms with Crippen LogP contribution in [0, 0.1) is 5.92 Å². The van der Waals surface area contributed by atoms with Crippen molar-refractivity contribution in [2.45, 2.75) is 38.8 Å². The highest BCUT2D eigenvalue weighted by Gasteiger charge is 2.52. The average Bonchev–Trinajstić information content (AvgIpc) is 2.93. The molecule has 1 aromatic carbocycles. The number of nitrogens with one attached hydrogen (secondary N) is 3. The number of urea groups is 1. The van der Waals surface area contributed by atoms with Gasteiger partial charge in [0.2, 0.25) is 5.91 Å². The molecule has 0 radical (unpaired) electrons. The van der Waals surface area contributed by atoms with Gasteiger partial charge in [-0.25, -0.2) is 4.79 Å². The van der Waals surface area contributed by atoms with E-state index in [2.05, 4.69) is 16.1 Å². The number of amides is 5. The molecule has 2 saturated heterocycles. The van der Waals surface area contributed by atoms with E-state index in [0.29, 0.717) is 25.1 Å². The molecule has 1 aromatic rings. The monoisotopic (exact) mass is 401 g/mol. The molecule has 2 aliphatic heterocycles. The number of imide groups is 1. The first-order valence-corrected chi connectivity index (χ1v) is 9.83. The molecule has 5 amide bonds. The molecule has 0 spiro atoms. The molecule has 2 heterocycles. The van der Waals surface area contributed by atoms with Crippen LogP contribution in [0.15, 0.2) is 30.3 Å². The average molecular weight is 401 g/mol. The number of hydrazine groups is 1. The Kier molecular flexibility index (Phi) is 5.88. The molecule has 0 aliphatic carbocycles. The fourth-order valence-corrected chi connectivity index (χ4v) is 4.02. The van der Waals surface area contributed by atoms with Crippen molar-refractivity contribution in [2.24, 2.45) is 5.92 Å². The fraction of sp³-hybridized carbons (Fsp3) is 0.500. The van der Waals surface area contributed by atoms with E-state index < -0.39 is 29.4 Å². The van der Waals surface area contributed by atoms with Gasteiger partial charge in [-0.2, -0.15) is 5.01 Å². The summed E-state index contributed by atoms with van der Waals surface area (Å²) < 4.78 is 0. The van der Waals surface area contributed by atoms with Crippen molar-refractivity contribution in [3.05, 3.63) is 35.9 Å². The number of hydrogen-bond acceptors (Lipinski definition) is 5. The normalized spacial score (nSPS) is 25.2. The van der Waals surface area contributed by atoms with Gasteiger partial charge in [0, 0.05) is 13.1 Å². The third-order valence-electron chi connectivity index (χ3n) is 5.46. The lowest BCUT2D eigenvalue weighted by atomic mass is 9.87. The summed E-state index contributed by atoms with van der Waals surface area (Å²) in [6.07, 6.45) is 0.343. The summed E-state index contributed by atoms with van der Waals surface area (Å²) in [5, 5.41) is 6.26. The SMILES string of the molecule is CCC1(c2ccccc2)NC(=O)N(NC(=O)CN2CCNC(=O)C2C(C)C)C1=O. The minimum absolute atomic E-state index is 0.0191. The van der Waals surface area contributed by atoms with Crippen LogP contribution < -0.4 is 16.1 Å². The molecule has 0 aromatic heterocycles. The summed E-state index contributed by atoms with van der Waals surface area (Å²) in [6, 6.07) is 7.84. The summed E-state index contributed by atoms with van der Waals surface area (Å²) in [6.45, 7) is 6.51.